The van der Waals surface area contributed by atoms with E-state index in [9.17, 15) is 4.79 Å². The molecule has 1 N–H and O–H groups in total. The van der Waals surface area contributed by atoms with Gasteiger partial charge in [-0.2, -0.15) is 0 Å². The second-order valence-corrected chi connectivity index (χ2v) is 7.29. The van der Waals surface area contributed by atoms with Crippen LogP contribution in [0.25, 0.3) is 0 Å². The van der Waals surface area contributed by atoms with Crippen LogP contribution in [0.5, 0.6) is 0 Å². The monoisotopic (exact) mass is 325 g/mol. The van der Waals surface area contributed by atoms with Crippen LogP contribution in [0.15, 0.2) is 5.38 Å². The number of amides is 1. The molecule has 0 aromatic carbocycles. The number of aryl methyl sites for hydroxylation is 1. The number of hydrogen-bond donors (Lipinski definition) is 1. The third kappa shape index (κ3) is 4.76. The van der Waals surface area contributed by atoms with Crippen molar-refractivity contribution in [2.45, 2.75) is 52.2 Å². The lowest BCUT2D eigenvalue weighted by atomic mass is 9.99. The van der Waals surface area contributed by atoms with Crippen molar-refractivity contribution >= 4 is 17.2 Å². The van der Waals surface area contributed by atoms with E-state index in [0.29, 0.717) is 12.6 Å². The van der Waals surface area contributed by atoms with Crippen LogP contribution in [-0.2, 0) is 16.1 Å². The Bertz CT molecular complexity index is 483. The van der Waals surface area contributed by atoms with Gasteiger partial charge in [0.15, 0.2) is 0 Å². The van der Waals surface area contributed by atoms with Crippen LogP contribution in [0.4, 0.5) is 0 Å². The zero-order chi connectivity index (χ0) is 16.1. The summed E-state index contributed by atoms with van der Waals surface area (Å²) in [5, 5.41) is 6.55. The largest absolute Gasteiger partial charge is 0.381 e. The highest BCUT2D eigenvalue weighted by Crippen LogP contribution is 2.15. The molecule has 1 aromatic heterocycles. The Morgan fingerprint density at radius 2 is 2.18 bits per heavy atom. The summed E-state index contributed by atoms with van der Waals surface area (Å²) in [6.45, 7) is 8.31. The van der Waals surface area contributed by atoms with E-state index in [1.54, 1.807) is 16.2 Å². The van der Waals surface area contributed by atoms with E-state index in [-0.39, 0.29) is 17.9 Å². The number of carbonyl (C=O) groups excluding carboxylic acids is 1. The van der Waals surface area contributed by atoms with Crippen LogP contribution in [0.1, 0.15) is 37.4 Å². The van der Waals surface area contributed by atoms with E-state index in [1.807, 2.05) is 19.4 Å². The van der Waals surface area contributed by atoms with Gasteiger partial charge in [-0.1, -0.05) is 13.8 Å². The third-order valence-corrected chi connectivity index (χ3v) is 4.94. The van der Waals surface area contributed by atoms with Gasteiger partial charge in [-0.15, -0.1) is 11.3 Å². The molecule has 1 fully saturated rings. The van der Waals surface area contributed by atoms with Gasteiger partial charge >= 0.3 is 0 Å². The van der Waals surface area contributed by atoms with Crippen molar-refractivity contribution in [1.82, 2.24) is 15.2 Å². The fourth-order valence-electron chi connectivity index (χ4n) is 2.66. The summed E-state index contributed by atoms with van der Waals surface area (Å²) < 4.78 is 5.39. The Labute approximate surface area is 137 Å². The van der Waals surface area contributed by atoms with Crippen molar-refractivity contribution in [3.8, 4) is 0 Å². The normalized spacial score (nSPS) is 17.7. The quantitative estimate of drug-likeness (QED) is 0.871. The van der Waals surface area contributed by atoms with E-state index in [1.165, 1.54) is 0 Å². The molecule has 1 saturated heterocycles. The highest BCUT2D eigenvalue weighted by molar-refractivity contribution is 7.09. The smallest absolute Gasteiger partial charge is 0.240 e. The lowest BCUT2D eigenvalue weighted by Gasteiger charge is -2.32. The molecule has 0 spiro atoms. The molecule has 1 atom stereocenters. The molecule has 0 unspecified atom stereocenters. The Morgan fingerprint density at radius 1 is 1.50 bits per heavy atom. The molecule has 1 amide bonds. The van der Waals surface area contributed by atoms with Gasteiger partial charge in [0.05, 0.1) is 12.6 Å². The van der Waals surface area contributed by atoms with Gasteiger partial charge in [0, 0.05) is 37.4 Å². The number of ether oxygens (including phenoxy) is 1. The van der Waals surface area contributed by atoms with Crippen LogP contribution >= 0.6 is 11.3 Å². The van der Waals surface area contributed by atoms with Crippen LogP contribution < -0.4 is 5.32 Å². The average molecular weight is 325 g/mol. The predicted molar refractivity (Wildman–Crippen MR) is 88.9 cm³/mol. The van der Waals surface area contributed by atoms with Crippen LogP contribution in [0.3, 0.4) is 0 Å². The van der Waals surface area contributed by atoms with Gasteiger partial charge < -0.3 is 15.0 Å². The van der Waals surface area contributed by atoms with Crippen molar-refractivity contribution in [2.24, 2.45) is 5.92 Å². The molecule has 5 nitrogen and oxygen atoms in total. The number of nitrogens with zero attached hydrogens (tertiary/aromatic N) is 2. The van der Waals surface area contributed by atoms with Gasteiger partial charge in [-0.05, 0) is 25.7 Å². The lowest BCUT2D eigenvalue weighted by molar-refractivity contribution is -0.134. The first-order valence-electron chi connectivity index (χ1n) is 7.97. The molecular weight excluding hydrogens is 298 g/mol. The predicted octanol–water partition coefficient (Wildman–Crippen LogP) is 2.20. The average Bonchev–Trinajstić information content (AvgIpc) is 2.90. The maximum absolute atomic E-state index is 12.8. The number of likely N-dealkylation sites (N-methyl/N-ethyl adjacent to an activating group) is 1. The maximum atomic E-state index is 12.8. The van der Waals surface area contributed by atoms with Crippen molar-refractivity contribution < 1.29 is 9.53 Å². The second kappa shape index (κ2) is 8.04. The highest BCUT2D eigenvalue weighted by atomic mass is 32.1. The summed E-state index contributed by atoms with van der Waals surface area (Å²) in [5.74, 6) is 0.408. The molecule has 1 aromatic rings. The van der Waals surface area contributed by atoms with Gasteiger partial charge in [-0.3, -0.25) is 4.79 Å². The standard InChI is InChI=1S/C16H27N3O2S/c1-11(2)15(18-13-5-7-21-8-6-13)16(20)19(4)9-14-17-12(3)10-22-14/h10-11,13,15,18H,5-9H2,1-4H3/t15-/m1/s1. The van der Waals surface area contributed by atoms with Crippen molar-refractivity contribution in [1.29, 1.82) is 0 Å². The molecule has 6 heteroatoms. The molecule has 0 saturated carbocycles. The minimum atomic E-state index is -0.144. The molecule has 0 aliphatic carbocycles. The molecule has 124 valence electrons. The first-order valence-corrected chi connectivity index (χ1v) is 8.85. The summed E-state index contributed by atoms with van der Waals surface area (Å²) in [5.41, 5.74) is 1.02. The van der Waals surface area contributed by atoms with Gasteiger partial charge in [-0.25, -0.2) is 4.98 Å². The molecular formula is C16H27N3O2S. The van der Waals surface area contributed by atoms with E-state index < -0.39 is 0 Å². The van der Waals surface area contributed by atoms with E-state index in [2.05, 4.69) is 24.1 Å². The van der Waals surface area contributed by atoms with Gasteiger partial charge in [0.2, 0.25) is 5.91 Å². The zero-order valence-corrected chi connectivity index (χ0v) is 14.8. The minimum Gasteiger partial charge on any atom is -0.381 e. The molecule has 0 bridgehead atoms. The summed E-state index contributed by atoms with van der Waals surface area (Å²) >= 11 is 1.61. The van der Waals surface area contributed by atoms with Gasteiger partial charge in [0.1, 0.15) is 5.01 Å². The zero-order valence-electron chi connectivity index (χ0n) is 14.0. The number of hydrogen-bond acceptors (Lipinski definition) is 5. The summed E-state index contributed by atoms with van der Waals surface area (Å²) in [6, 6.07) is 0.231. The van der Waals surface area contributed by atoms with Crippen LogP contribution in [-0.4, -0.2) is 48.1 Å². The molecule has 22 heavy (non-hydrogen) atoms. The Hall–Kier alpha value is -0.980. The summed E-state index contributed by atoms with van der Waals surface area (Å²) in [4.78, 5) is 19.0. The number of aromatic nitrogens is 1. The number of carbonyl (C=O) groups is 1. The molecule has 2 rings (SSSR count). The van der Waals surface area contributed by atoms with Crippen LogP contribution in [0, 0.1) is 12.8 Å². The minimum absolute atomic E-state index is 0.144. The van der Waals surface area contributed by atoms with Crippen molar-refractivity contribution in [3.05, 3.63) is 16.1 Å². The first kappa shape index (κ1) is 17.4. The number of thiazole rings is 1. The van der Waals surface area contributed by atoms with E-state index in [4.69, 9.17) is 4.74 Å². The fourth-order valence-corrected chi connectivity index (χ4v) is 3.48. The third-order valence-electron chi connectivity index (χ3n) is 3.98. The molecule has 2 heterocycles. The van der Waals surface area contributed by atoms with Crippen LogP contribution in [0.2, 0.25) is 0 Å². The van der Waals surface area contributed by atoms with E-state index >= 15 is 0 Å². The van der Waals surface area contributed by atoms with Crippen molar-refractivity contribution in [2.75, 3.05) is 20.3 Å². The molecule has 0 radical (unpaired) electrons. The first-order chi connectivity index (χ1) is 10.5. The Kier molecular flexibility index (Phi) is 6.35. The maximum Gasteiger partial charge on any atom is 0.240 e. The van der Waals surface area contributed by atoms with Crippen molar-refractivity contribution in [3.63, 3.8) is 0 Å². The summed E-state index contributed by atoms with van der Waals surface area (Å²) in [7, 11) is 1.86. The molecule has 1 aliphatic rings. The van der Waals surface area contributed by atoms with Gasteiger partial charge in [0.25, 0.3) is 0 Å². The highest BCUT2D eigenvalue weighted by Gasteiger charge is 2.28. The Balaban J connectivity index is 1.95. The molecule has 1 aliphatic heterocycles. The Morgan fingerprint density at radius 3 is 2.73 bits per heavy atom. The fraction of sp³-hybridized carbons (Fsp3) is 0.750. The SMILES string of the molecule is Cc1csc(CN(C)C(=O)[C@H](NC2CCOCC2)C(C)C)n1. The topological polar surface area (TPSA) is 54.5 Å². The van der Waals surface area contributed by atoms with E-state index in [0.717, 1.165) is 36.8 Å². The second-order valence-electron chi connectivity index (χ2n) is 6.35. The number of rotatable bonds is 6. The lowest BCUT2D eigenvalue weighted by Crippen LogP contribution is -2.52. The number of nitrogens with one attached hydrogen (secondary N) is 1. The summed E-state index contributed by atoms with van der Waals surface area (Å²) in [6.07, 6.45) is 1.96.